The third-order valence-electron chi connectivity index (χ3n) is 3.48. The van der Waals surface area contributed by atoms with Crippen LogP contribution in [0.25, 0.3) is 0 Å². The van der Waals surface area contributed by atoms with Crippen molar-refractivity contribution in [3.8, 4) is 0 Å². The zero-order chi connectivity index (χ0) is 14.7. The Balaban J connectivity index is 2.53. The van der Waals surface area contributed by atoms with Gasteiger partial charge in [-0.1, -0.05) is 31.2 Å². The maximum absolute atomic E-state index is 13.3. The molecule has 0 fully saturated rings. The normalized spacial score (nSPS) is 12.4. The van der Waals surface area contributed by atoms with Crippen molar-refractivity contribution < 1.29 is 4.39 Å². The molecule has 0 saturated carbocycles. The van der Waals surface area contributed by atoms with E-state index in [4.69, 9.17) is 0 Å². The number of nitrogens with one attached hydrogen (secondary N) is 1. The first-order chi connectivity index (χ1) is 9.54. The minimum absolute atomic E-state index is 0.104. The van der Waals surface area contributed by atoms with Crippen molar-refractivity contribution in [1.29, 1.82) is 0 Å². The van der Waals surface area contributed by atoms with Crippen LogP contribution in [-0.4, -0.2) is 6.54 Å². The number of aryl methyl sites for hydroxylation is 2. The second kappa shape index (κ2) is 6.68. The first-order valence-corrected chi connectivity index (χ1v) is 7.87. The smallest absolute Gasteiger partial charge is 0.123 e. The standard InChI is InChI=1S/C17H19FIN/c1-4-20-17(14-9-8-13(18)10-12(14)3)15-7-5-6-11(2)16(15)19/h5-10,17,20H,4H2,1-3H3. The topological polar surface area (TPSA) is 12.0 Å². The lowest BCUT2D eigenvalue weighted by Gasteiger charge is -2.23. The Labute approximate surface area is 133 Å². The second-order valence-corrected chi connectivity index (χ2v) is 6.05. The van der Waals surface area contributed by atoms with E-state index < -0.39 is 0 Å². The Morgan fingerprint density at radius 1 is 1.10 bits per heavy atom. The largest absolute Gasteiger partial charge is 0.306 e. The summed E-state index contributed by atoms with van der Waals surface area (Å²) < 4.78 is 14.6. The highest BCUT2D eigenvalue weighted by Crippen LogP contribution is 2.30. The molecule has 0 bridgehead atoms. The summed E-state index contributed by atoms with van der Waals surface area (Å²) in [6.45, 7) is 7.04. The van der Waals surface area contributed by atoms with Crippen molar-refractivity contribution in [2.45, 2.75) is 26.8 Å². The van der Waals surface area contributed by atoms with E-state index in [1.807, 2.05) is 13.0 Å². The van der Waals surface area contributed by atoms with E-state index in [9.17, 15) is 4.39 Å². The summed E-state index contributed by atoms with van der Waals surface area (Å²) in [6.07, 6.45) is 0. The van der Waals surface area contributed by atoms with Crippen LogP contribution in [0.2, 0.25) is 0 Å². The van der Waals surface area contributed by atoms with E-state index in [0.717, 1.165) is 17.7 Å². The van der Waals surface area contributed by atoms with Gasteiger partial charge in [0.2, 0.25) is 0 Å². The van der Waals surface area contributed by atoms with Gasteiger partial charge in [0.15, 0.2) is 0 Å². The predicted octanol–water partition coefficient (Wildman–Crippen LogP) is 4.75. The molecular weight excluding hydrogens is 364 g/mol. The van der Waals surface area contributed by atoms with Crippen LogP contribution in [0.1, 0.15) is 35.2 Å². The van der Waals surface area contributed by atoms with E-state index >= 15 is 0 Å². The molecule has 3 heteroatoms. The Kier molecular flexibility index (Phi) is 5.16. The molecule has 1 N–H and O–H groups in total. The van der Waals surface area contributed by atoms with Gasteiger partial charge in [-0.25, -0.2) is 4.39 Å². The summed E-state index contributed by atoms with van der Waals surface area (Å²) in [5.74, 6) is -0.180. The highest BCUT2D eigenvalue weighted by Gasteiger charge is 2.18. The van der Waals surface area contributed by atoms with E-state index in [2.05, 4.69) is 60.0 Å². The molecule has 1 atom stereocenters. The lowest BCUT2D eigenvalue weighted by atomic mass is 9.94. The molecule has 0 aliphatic carbocycles. The predicted molar refractivity (Wildman–Crippen MR) is 90.6 cm³/mol. The summed E-state index contributed by atoms with van der Waals surface area (Å²) in [6, 6.07) is 11.5. The number of rotatable bonds is 4. The molecule has 0 saturated heterocycles. The summed E-state index contributed by atoms with van der Waals surface area (Å²) in [5, 5.41) is 3.52. The van der Waals surface area contributed by atoms with Gasteiger partial charge in [0.1, 0.15) is 5.82 Å². The van der Waals surface area contributed by atoms with E-state index in [1.54, 1.807) is 6.07 Å². The molecule has 1 nitrogen and oxygen atoms in total. The average molecular weight is 383 g/mol. The van der Waals surface area contributed by atoms with E-state index in [0.29, 0.717) is 0 Å². The zero-order valence-corrected chi connectivity index (χ0v) is 14.2. The van der Waals surface area contributed by atoms with Gasteiger partial charge in [-0.15, -0.1) is 0 Å². The summed E-state index contributed by atoms with van der Waals surface area (Å²) in [4.78, 5) is 0. The summed E-state index contributed by atoms with van der Waals surface area (Å²) in [7, 11) is 0. The molecule has 2 rings (SSSR count). The molecule has 0 amide bonds. The molecule has 20 heavy (non-hydrogen) atoms. The molecule has 106 valence electrons. The van der Waals surface area contributed by atoms with Gasteiger partial charge >= 0.3 is 0 Å². The third kappa shape index (κ3) is 3.20. The first kappa shape index (κ1) is 15.4. The monoisotopic (exact) mass is 383 g/mol. The van der Waals surface area contributed by atoms with Crippen molar-refractivity contribution in [3.63, 3.8) is 0 Å². The van der Waals surface area contributed by atoms with E-state index in [1.165, 1.54) is 20.8 Å². The van der Waals surface area contributed by atoms with Crippen LogP contribution in [0.3, 0.4) is 0 Å². The Morgan fingerprint density at radius 3 is 2.50 bits per heavy atom. The van der Waals surface area contributed by atoms with Gasteiger partial charge in [-0.05, 0) is 77.4 Å². The maximum atomic E-state index is 13.3. The molecular formula is C17H19FIN. The maximum Gasteiger partial charge on any atom is 0.123 e. The molecule has 0 radical (unpaired) electrons. The van der Waals surface area contributed by atoms with Gasteiger partial charge in [0.05, 0.1) is 6.04 Å². The summed E-state index contributed by atoms with van der Waals surface area (Å²) >= 11 is 2.39. The van der Waals surface area contributed by atoms with Gasteiger partial charge < -0.3 is 5.32 Å². The molecule has 2 aromatic rings. The van der Waals surface area contributed by atoms with Crippen LogP contribution in [0.5, 0.6) is 0 Å². The van der Waals surface area contributed by atoms with Crippen LogP contribution in [-0.2, 0) is 0 Å². The minimum atomic E-state index is -0.180. The fraction of sp³-hybridized carbons (Fsp3) is 0.294. The average Bonchev–Trinajstić information content (AvgIpc) is 2.40. The minimum Gasteiger partial charge on any atom is -0.306 e. The van der Waals surface area contributed by atoms with Crippen molar-refractivity contribution in [1.82, 2.24) is 5.32 Å². The van der Waals surface area contributed by atoms with Gasteiger partial charge in [-0.2, -0.15) is 0 Å². The fourth-order valence-electron chi connectivity index (χ4n) is 2.45. The van der Waals surface area contributed by atoms with Crippen molar-refractivity contribution in [2.75, 3.05) is 6.54 Å². The highest BCUT2D eigenvalue weighted by molar-refractivity contribution is 14.1. The van der Waals surface area contributed by atoms with Gasteiger partial charge in [0, 0.05) is 3.57 Å². The van der Waals surface area contributed by atoms with Crippen molar-refractivity contribution in [3.05, 3.63) is 68.0 Å². The Morgan fingerprint density at radius 2 is 1.85 bits per heavy atom. The van der Waals surface area contributed by atoms with Crippen LogP contribution in [0, 0.1) is 23.2 Å². The van der Waals surface area contributed by atoms with Gasteiger partial charge in [0.25, 0.3) is 0 Å². The zero-order valence-electron chi connectivity index (χ0n) is 12.0. The Hall–Kier alpha value is -0.940. The number of benzene rings is 2. The third-order valence-corrected chi connectivity index (χ3v) is 4.96. The molecule has 0 spiro atoms. The highest BCUT2D eigenvalue weighted by atomic mass is 127. The number of hydrogen-bond donors (Lipinski definition) is 1. The van der Waals surface area contributed by atoms with Crippen LogP contribution in [0.4, 0.5) is 4.39 Å². The Bertz CT molecular complexity index is 610. The molecule has 0 heterocycles. The molecule has 0 aromatic heterocycles. The quantitative estimate of drug-likeness (QED) is 0.752. The number of halogens is 2. The molecule has 2 aromatic carbocycles. The molecule has 0 aliphatic heterocycles. The van der Waals surface area contributed by atoms with Crippen LogP contribution < -0.4 is 5.32 Å². The van der Waals surface area contributed by atoms with Gasteiger partial charge in [-0.3, -0.25) is 0 Å². The van der Waals surface area contributed by atoms with Crippen molar-refractivity contribution in [2.24, 2.45) is 0 Å². The van der Waals surface area contributed by atoms with E-state index in [-0.39, 0.29) is 11.9 Å². The number of hydrogen-bond acceptors (Lipinski definition) is 1. The first-order valence-electron chi connectivity index (χ1n) is 6.79. The lowest BCUT2D eigenvalue weighted by Crippen LogP contribution is -2.24. The lowest BCUT2D eigenvalue weighted by molar-refractivity contribution is 0.608. The summed E-state index contributed by atoms with van der Waals surface area (Å²) in [5.41, 5.74) is 4.64. The van der Waals surface area contributed by atoms with Crippen LogP contribution >= 0.6 is 22.6 Å². The second-order valence-electron chi connectivity index (χ2n) is 4.97. The molecule has 1 unspecified atom stereocenters. The van der Waals surface area contributed by atoms with Crippen LogP contribution in [0.15, 0.2) is 36.4 Å². The fourth-order valence-corrected chi connectivity index (χ4v) is 3.12. The molecule has 0 aliphatic rings. The SMILES string of the molecule is CCNC(c1ccc(F)cc1C)c1cccc(C)c1I. The van der Waals surface area contributed by atoms with Crippen molar-refractivity contribution >= 4 is 22.6 Å².